The fraction of sp³-hybridized carbons (Fsp3) is 0.250. The van der Waals surface area contributed by atoms with Gasteiger partial charge in [-0.05, 0) is 24.6 Å². The quantitative estimate of drug-likeness (QED) is 0.567. The van der Waals surface area contributed by atoms with E-state index < -0.39 is 0 Å². The second-order valence-electron chi connectivity index (χ2n) is 4.37. The predicted octanol–water partition coefficient (Wildman–Crippen LogP) is 0.596. The van der Waals surface area contributed by atoms with E-state index in [0.29, 0.717) is 18.5 Å². The number of aromatic nitrogens is 2. The third kappa shape index (κ3) is 1.62. The number of nitrogen functional groups attached to an aromatic ring is 1. The van der Waals surface area contributed by atoms with Gasteiger partial charge in [0.25, 0.3) is 0 Å². The van der Waals surface area contributed by atoms with E-state index in [-0.39, 0.29) is 17.9 Å². The Bertz CT molecular complexity index is 647. The molecule has 0 saturated carbocycles. The molecule has 1 atom stereocenters. The molecule has 0 bridgehead atoms. The molecule has 1 aliphatic rings. The van der Waals surface area contributed by atoms with Crippen molar-refractivity contribution in [3.8, 4) is 0 Å². The number of hydrogen-bond donors (Lipinski definition) is 2. The van der Waals surface area contributed by atoms with Gasteiger partial charge in [-0.3, -0.25) is 14.9 Å². The SMILES string of the molecule is Nc1ccc2c(c1)ncn2C1CCC(=O)NC1=O. The van der Waals surface area contributed by atoms with Gasteiger partial charge in [0.1, 0.15) is 6.04 Å². The Kier molecular flexibility index (Phi) is 2.29. The monoisotopic (exact) mass is 244 g/mol. The normalized spacial score (nSPS) is 20.1. The van der Waals surface area contributed by atoms with Crippen LogP contribution in [0.4, 0.5) is 5.69 Å². The molecule has 2 heterocycles. The van der Waals surface area contributed by atoms with E-state index in [1.165, 1.54) is 0 Å². The Balaban J connectivity index is 2.04. The van der Waals surface area contributed by atoms with E-state index >= 15 is 0 Å². The number of nitrogens with zero attached hydrogens (tertiary/aromatic N) is 2. The third-order valence-corrected chi connectivity index (χ3v) is 3.14. The highest BCUT2D eigenvalue weighted by molar-refractivity contribution is 6.00. The van der Waals surface area contributed by atoms with E-state index in [1.54, 1.807) is 23.0 Å². The summed E-state index contributed by atoms with van der Waals surface area (Å²) in [5.41, 5.74) is 7.91. The molecule has 1 saturated heterocycles. The molecule has 2 aromatic rings. The lowest BCUT2D eigenvalue weighted by atomic mass is 10.1. The van der Waals surface area contributed by atoms with Crippen LogP contribution in [0.15, 0.2) is 24.5 Å². The molecule has 1 fully saturated rings. The Morgan fingerprint density at radius 2 is 2.22 bits per heavy atom. The van der Waals surface area contributed by atoms with Gasteiger partial charge in [-0.1, -0.05) is 0 Å². The molecule has 0 aliphatic carbocycles. The van der Waals surface area contributed by atoms with E-state index in [1.807, 2.05) is 6.07 Å². The molecule has 2 amide bonds. The highest BCUT2D eigenvalue weighted by Gasteiger charge is 2.28. The first-order valence-corrected chi connectivity index (χ1v) is 5.71. The number of rotatable bonds is 1. The Hall–Kier alpha value is -2.37. The molecule has 3 N–H and O–H groups in total. The maximum absolute atomic E-state index is 11.8. The van der Waals surface area contributed by atoms with Gasteiger partial charge in [-0.2, -0.15) is 0 Å². The summed E-state index contributed by atoms with van der Waals surface area (Å²) in [7, 11) is 0. The number of hydrogen-bond acceptors (Lipinski definition) is 4. The van der Waals surface area contributed by atoms with Crippen LogP contribution in [0.5, 0.6) is 0 Å². The molecular weight excluding hydrogens is 232 g/mol. The number of nitrogens with two attached hydrogens (primary N) is 1. The van der Waals surface area contributed by atoms with Crippen molar-refractivity contribution in [1.82, 2.24) is 14.9 Å². The summed E-state index contributed by atoms with van der Waals surface area (Å²) in [5.74, 6) is -0.493. The van der Waals surface area contributed by atoms with Crippen molar-refractivity contribution in [3.63, 3.8) is 0 Å². The Morgan fingerprint density at radius 1 is 1.39 bits per heavy atom. The average molecular weight is 244 g/mol. The van der Waals surface area contributed by atoms with E-state index in [0.717, 1.165) is 11.0 Å². The van der Waals surface area contributed by atoms with Crippen molar-refractivity contribution in [2.45, 2.75) is 18.9 Å². The number of amides is 2. The fourth-order valence-corrected chi connectivity index (χ4v) is 2.24. The first kappa shape index (κ1) is 10.8. The van der Waals surface area contributed by atoms with Crippen LogP contribution in [-0.4, -0.2) is 21.4 Å². The molecule has 1 unspecified atom stereocenters. The summed E-state index contributed by atoms with van der Waals surface area (Å²) >= 11 is 0. The van der Waals surface area contributed by atoms with Crippen molar-refractivity contribution >= 4 is 28.5 Å². The number of nitrogens with one attached hydrogen (secondary N) is 1. The zero-order valence-corrected chi connectivity index (χ0v) is 9.59. The number of fused-ring (bicyclic) bond motifs is 1. The maximum Gasteiger partial charge on any atom is 0.249 e. The summed E-state index contributed by atoms with van der Waals surface area (Å²) in [6.07, 6.45) is 2.47. The second kappa shape index (κ2) is 3.83. The Labute approximate surface area is 103 Å². The van der Waals surface area contributed by atoms with Crippen molar-refractivity contribution in [3.05, 3.63) is 24.5 Å². The first-order chi connectivity index (χ1) is 8.65. The fourth-order valence-electron chi connectivity index (χ4n) is 2.24. The molecule has 1 aliphatic heterocycles. The van der Waals surface area contributed by atoms with Crippen LogP contribution < -0.4 is 11.1 Å². The summed E-state index contributed by atoms with van der Waals surface area (Å²) < 4.78 is 1.79. The molecule has 6 heteroatoms. The van der Waals surface area contributed by atoms with E-state index in [2.05, 4.69) is 10.3 Å². The van der Waals surface area contributed by atoms with Crippen LogP contribution >= 0.6 is 0 Å². The van der Waals surface area contributed by atoms with Gasteiger partial charge >= 0.3 is 0 Å². The van der Waals surface area contributed by atoms with Crippen LogP contribution in [0.25, 0.3) is 11.0 Å². The highest BCUT2D eigenvalue weighted by Crippen LogP contribution is 2.24. The topological polar surface area (TPSA) is 90.0 Å². The van der Waals surface area contributed by atoms with Crippen LogP contribution in [0, 0.1) is 0 Å². The van der Waals surface area contributed by atoms with Crippen LogP contribution in [0.1, 0.15) is 18.9 Å². The summed E-state index contributed by atoms with van der Waals surface area (Å²) in [6.45, 7) is 0. The van der Waals surface area contributed by atoms with E-state index in [4.69, 9.17) is 5.73 Å². The minimum atomic E-state index is -0.378. The zero-order valence-electron chi connectivity index (χ0n) is 9.59. The summed E-state index contributed by atoms with van der Waals surface area (Å²) in [6, 6.07) is 4.99. The number of carbonyl (C=O) groups is 2. The number of imidazole rings is 1. The van der Waals surface area contributed by atoms with Crippen molar-refractivity contribution in [2.75, 3.05) is 5.73 Å². The van der Waals surface area contributed by atoms with Crippen LogP contribution in [-0.2, 0) is 9.59 Å². The second-order valence-corrected chi connectivity index (χ2v) is 4.37. The average Bonchev–Trinajstić information content (AvgIpc) is 2.72. The third-order valence-electron chi connectivity index (χ3n) is 3.14. The molecule has 0 spiro atoms. The lowest BCUT2D eigenvalue weighted by Gasteiger charge is -2.22. The number of benzene rings is 1. The van der Waals surface area contributed by atoms with Crippen molar-refractivity contribution in [2.24, 2.45) is 0 Å². The van der Waals surface area contributed by atoms with Crippen molar-refractivity contribution in [1.29, 1.82) is 0 Å². The standard InChI is InChI=1S/C12H12N4O2/c13-7-1-2-9-8(5-7)14-6-16(9)10-3-4-11(17)15-12(10)18/h1-2,5-6,10H,3-4,13H2,(H,15,17,18). The number of carbonyl (C=O) groups excluding carboxylic acids is 2. The predicted molar refractivity (Wildman–Crippen MR) is 65.6 cm³/mol. The van der Waals surface area contributed by atoms with Gasteiger partial charge in [-0.15, -0.1) is 0 Å². The first-order valence-electron chi connectivity index (χ1n) is 5.71. The van der Waals surface area contributed by atoms with Gasteiger partial charge in [0.2, 0.25) is 11.8 Å². The molecule has 92 valence electrons. The molecular formula is C12H12N4O2. The summed E-state index contributed by atoms with van der Waals surface area (Å²) in [5, 5.41) is 2.34. The lowest BCUT2D eigenvalue weighted by Crippen LogP contribution is -2.41. The smallest absolute Gasteiger partial charge is 0.249 e. The summed E-state index contributed by atoms with van der Waals surface area (Å²) in [4.78, 5) is 27.2. The van der Waals surface area contributed by atoms with Gasteiger partial charge in [0.05, 0.1) is 17.4 Å². The van der Waals surface area contributed by atoms with Crippen LogP contribution in [0.2, 0.25) is 0 Å². The van der Waals surface area contributed by atoms with Gasteiger partial charge < -0.3 is 10.3 Å². The minimum absolute atomic E-state index is 0.218. The van der Waals surface area contributed by atoms with Gasteiger partial charge in [-0.25, -0.2) is 4.98 Å². The molecule has 1 aromatic carbocycles. The molecule has 3 rings (SSSR count). The molecule has 18 heavy (non-hydrogen) atoms. The highest BCUT2D eigenvalue weighted by atomic mass is 16.2. The number of piperidine rings is 1. The molecule has 6 nitrogen and oxygen atoms in total. The maximum atomic E-state index is 11.8. The minimum Gasteiger partial charge on any atom is -0.399 e. The zero-order chi connectivity index (χ0) is 12.7. The van der Waals surface area contributed by atoms with Gasteiger partial charge in [0.15, 0.2) is 0 Å². The molecule has 1 aromatic heterocycles. The van der Waals surface area contributed by atoms with Crippen molar-refractivity contribution < 1.29 is 9.59 Å². The lowest BCUT2D eigenvalue weighted by molar-refractivity contribution is -0.135. The number of anilines is 1. The largest absolute Gasteiger partial charge is 0.399 e. The molecule has 0 radical (unpaired) electrons. The van der Waals surface area contributed by atoms with E-state index in [9.17, 15) is 9.59 Å². The van der Waals surface area contributed by atoms with Crippen LogP contribution in [0.3, 0.4) is 0 Å². The Morgan fingerprint density at radius 3 is 3.00 bits per heavy atom. The number of imide groups is 1. The van der Waals surface area contributed by atoms with Gasteiger partial charge in [0, 0.05) is 12.1 Å².